The Bertz CT molecular complexity index is 419. The average Bonchev–Trinajstić information content (AvgIpc) is 2.58. The highest BCUT2D eigenvalue weighted by Crippen LogP contribution is 2.34. The molecule has 1 heterocycles. The number of carbonyl (C=O) groups excluding carboxylic acids is 1. The minimum Gasteiger partial charge on any atom is -0.454 e. The molecular weight excluding hydrogens is 228 g/mol. The molecule has 0 saturated carbocycles. The molecule has 0 aromatic carbocycles. The molecule has 1 N–H and O–H groups in total. The van der Waals surface area contributed by atoms with Crippen molar-refractivity contribution >= 4 is 5.97 Å². The van der Waals surface area contributed by atoms with Crippen molar-refractivity contribution in [3.8, 4) is 0 Å². The topological polar surface area (TPSA) is 46.5 Å². The smallest absolute Gasteiger partial charge is 0.334 e. The summed E-state index contributed by atoms with van der Waals surface area (Å²) in [4.78, 5) is 11.6. The zero-order valence-corrected chi connectivity index (χ0v) is 10.8. The van der Waals surface area contributed by atoms with E-state index in [1.807, 2.05) is 13.0 Å². The summed E-state index contributed by atoms with van der Waals surface area (Å²) in [6.45, 7) is 9.75. The fraction of sp³-hybridized carbons (Fsp3) is 0.533. The van der Waals surface area contributed by atoms with Gasteiger partial charge in [-0.2, -0.15) is 0 Å². The van der Waals surface area contributed by atoms with Crippen LogP contribution in [0.15, 0.2) is 36.0 Å². The molecular formula is C15H20O3. The van der Waals surface area contributed by atoms with E-state index in [-0.39, 0.29) is 18.0 Å². The first-order chi connectivity index (χ1) is 8.49. The summed E-state index contributed by atoms with van der Waals surface area (Å²) in [7, 11) is 0. The molecule has 0 aromatic heterocycles. The number of hydrogen-bond acceptors (Lipinski definition) is 3. The lowest BCUT2D eigenvalue weighted by Crippen LogP contribution is -2.18. The lowest BCUT2D eigenvalue weighted by molar-refractivity contribution is -0.137. The van der Waals surface area contributed by atoms with Crippen LogP contribution in [0.25, 0.3) is 0 Å². The third kappa shape index (κ3) is 2.56. The van der Waals surface area contributed by atoms with Crippen LogP contribution < -0.4 is 0 Å². The molecule has 1 fully saturated rings. The van der Waals surface area contributed by atoms with Crippen molar-refractivity contribution in [3.63, 3.8) is 0 Å². The first-order valence-electron chi connectivity index (χ1n) is 6.42. The van der Waals surface area contributed by atoms with Crippen molar-refractivity contribution in [2.75, 3.05) is 0 Å². The molecule has 98 valence electrons. The van der Waals surface area contributed by atoms with E-state index in [2.05, 4.69) is 13.2 Å². The van der Waals surface area contributed by atoms with Gasteiger partial charge in [0, 0.05) is 11.5 Å². The van der Waals surface area contributed by atoms with Crippen molar-refractivity contribution in [2.24, 2.45) is 5.92 Å². The molecule has 1 saturated heterocycles. The predicted molar refractivity (Wildman–Crippen MR) is 69.9 cm³/mol. The van der Waals surface area contributed by atoms with Gasteiger partial charge in [0.1, 0.15) is 6.10 Å². The van der Waals surface area contributed by atoms with Gasteiger partial charge < -0.3 is 9.84 Å². The molecule has 0 spiro atoms. The normalized spacial score (nSPS) is 36.7. The maximum Gasteiger partial charge on any atom is 0.334 e. The molecule has 0 unspecified atom stereocenters. The van der Waals surface area contributed by atoms with Crippen molar-refractivity contribution in [3.05, 3.63) is 36.0 Å². The molecule has 0 bridgehead atoms. The zero-order valence-electron chi connectivity index (χ0n) is 10.8. The molecule has 3 heteroatoms. The Kier molecular flexibility index (Phi) is 3.71. The number of aliphatic hydroxyl groups is 1. The number of aliphatic hydroxyl groups excluding tert-OH is 1. The molecule has 2 rings (SSSR count). The maximum atomic E-state index is 11.6. The second-order valence-electron chi connectivity index (χ2n) is 5.27. The summed E-state index contributed by atoms with van der Waals surface area (Å²) in [6, 6.07) is 0. The number of esters is 1. The molecule has 2 aliphatic rings. The Morgan fingerprint density at radius 3 is 2.78 bits per heavy atom. The van der Waals surface area contributed by atoms with E-state index >= 15 is 0 Å². The Hall–Kier alpha value is -1.35. The Labute approximate surface area is 108 Å². The highest BCUT2D eigenvalue weighted by molar-refractivity contribution is 5.91. The third-order valence-corrected chi connectivity index (χ3v) is 3.86. The zero-order chi connectivity index (χ0) is 13.3. The molecule has 0 amide bonds. The second kappa shape index (κ2) is 5.11. The lowest BCUT2D eigenvalue weighted by atomic mass is 9.86. The van der Waals surface area contributed by atoms with Crippen LogP contribution in [0.1, 0.15) is 32.6 Å². The summed E-state index contributed by atoms with van der Waals surface area (Å²) < 4.78 is 5.33. The first-order valence-corrected chi connectivity index (χ1v) is 6.42. The van der Waals surface area contributed by atoms with Crippen LogP contribution in [0.2, 0.25) is 0 Å². The quantitative estimate of drug-likeness (QED) is 0.407. The van der Waals surface area contributed by atoms with Crippen LogP contribution in [0.3, 0.4) is 0 Å². The van der Waals surface area contributed by atoms with Crippen LogP contribution >= 0.6 is 0 Å². The fourth-order valence-electron chi connectivity index (χ4n) is 2.56. The van der Waals surface area contributed by atoms with Crippen molar-refractivity contribution in [1.29, 1.82) is 0 Å². The predicted octanol–water partition coefficient (Wildman–Crippen LogP) is 2.52. The minimum absolute atomic E-state index is 0.0227. The monoisotopic (exact) mass is 248 g/mol. The Morgan fingerprint density at radius 2 is 2.06 bits per heavy atom. The molecule has 0 aromatic rings. The van der Waals surface area contributed by atoms with Crippen molar-refractivity contribution in [2.45, 2.75) is 44.8 Å². The van der Waals surface area contributed by atoms with E-state index in [1.54, 1.807) is 0 Å². The largest absolute Gasteiger partial charge is 0.454 e. The van der Waals surface area contributed by atoms with Crippen LogP contribution in [-0.4, -0.2) is 23.3 Å². The second-order valence-corrected chi connectivity index (χ2v) is 5.27. The summed E-state index contributed by atoms with van der Waals surface area (Å²) in [5.74, 6) is -0.269. The first kappa shape index (κ1) is 13.1. The summed E-state index contributed by atoms with van der Waals surface area (Å²) >= 11 is 0. The summed E-state index contributed by atoms with van der Waals surface area (Å²) in [6.07, 6.45) is 4.33. The van der Waals surface area contributed by atoms with E-state index in [0.29, 0.717) is 18.4 Å². The molecule has 18 heavy (non-hydrogen) atoms. The van der Waals surface area contributed by atoms with E-state index in [0.717, 1.165) is 24.0 Å². The third-order valence-electron chi connectivity index (χ3n) is 3.86. The highest BCUT2D eigenvalue weighted by Gasteiger charge is 2.37. The average molecular weight is 248 g/mol. The van der Waals surface area contributed by atoms with Crippen molar-refractivity contribution in [1.82, 2.24) is 0 Å². The maximum absolute atomic E-state index is 11.6. The number of rotatable bonds is 0. The van der Waals surface area contributed by atoms with Gasteiger partial charge >= 0.3 is 5.97 Å². The van der Waals surface area contributed by atoms with Crippen LogP contribution in [0, 0.1) is 5.92 Å². The van der Waals surface area contributed by atoms with Gasteiger partial charge in [-0.25, -0.2) is 4.79 Å². The van der Waals surface area contributed by atoms with Gasteiger partial charge in [0.15, 0.2) is 0 Å². The van der Waals surface area contributed by atoms with Gasteiger partial charge in [0.2, 0.25) is 0 Å². The number of fused-ring (bicyclic) bond motifs is 1. The number of carbonyl (C=O) groups is 1. The Morgan fingerprint density at radius 1 is 1.33 bits per heavy atom. The van der Waals surface area contributed by atoms with Gasteiger partial charge in [0.05, 0.1) is 6.10 Å². The molecule has 1 aliphatic heterocycles. The van der Waals surface area contributed by atoms with E-state index < -0.39 is 6.10 Å². The lowest BCUT2D eigenvalue weighted by Gasteiger charge is -2.21. The Balaban J connectivity index is 2.23. The van der Waals surface area contributed by atoms with E-state index in [1.165, 1.54) is 0 Å². The van der Waals surface area contributed by atoms with E-state index in [4.69, 9.17) is 4.74 Å². The molecule has 3 nitrogen and oxygen atoms in total. The van der Waals surface area contributed by atoms with Gasteiger partial charge in [-0.05, 0) is 44.3 Å². The SMILES string of the molecule is C=C1CC[C@H]2C(=C)C(=O)O[C@H]2/C=C(\C)CC[C@@H]1O. The summed E-state index contributed by atoms with van der Waals surface area (Å²) in [5, 5.41) is 9.93. The van der Waals surface area contributed by atoms with Gasteiger partial charge in [-0.1, -0.05) is 18.7 Å². The van der Waals surface area contributed by atoms with Gasteiger partial charge in [-0.3, -0.25) is 0 Å². The number of ether oxygens (including phenoxy) is 1. The highest BCUT2D eigenvalue weighted by atomic mass is 16.5. The standard InChI is InChI=1S/C15H20O3/c1-9-4-7-13(16)10(2)5-6-12-11(3)15(17)18-14(12)8-9/h8,12-14,16H,2-7H2,1H3/b9-8+/t12-,13-,14-/m0/s1. The molecule has 3 atom stereocenters. The van der Waals surface area contributed by atoms with Gasteiger partial charge in [0.25, 0.3) is 0 Å². The van der Waals surface area contributed by atoms with Crippen LogP contribution in [0.4, 0.5) is 0 Å². The van der Waals surface area contributed by atoms with Crippen LogP contribution in [0.5, 0.6) is 0 Å². The number of allylic oxidation sites excluding steroid dienone is 1. The molecule has 1 aliphatic carbocycles. The summed E-state index contributed by atoms with van der Waals surface area (Å²) in [5.41, 5.74) is 2.53. The number of hydrogen-bond donors (Lipinski definition) is 1. The van der Waals surface area contributed by atoms with E-state index in [9.17, 15) is 9.90 Å². The molecule has 0 radical (unpaired) electrons. The fourth-order valence-corrected chi connectivity index (χ4v) is 2.56. The van der Waals surface area contributed by atoms with Crippen molar-refractivity contribution < 1.29 is 14.6 Å². The minimum atomic E-state index is -0.448. The van der Waals surface area contributed by atoms with Gasteiger partial charge in [-0.15, -0.1) is 0 Å². The van der Waals surface area contributed by atoms with Crippen LogP contribution in [-0.2, 0) is 9.53 Å².